The molecular weight excluding hydrogens is 376 g/mol. The molecule has 8 heteroatoms. The molecular formula is C18H17ClN2O4S. The van der Waals surface area contributed by atoms with Gasteiger partial charge in [0.1, 0.15) is 4.90 Å². The lowest BCUT2D eigenvalue weighted by Crippen LogP contribution is -2.31. The summed E-state index contributed by atoms with van der Waals surface area (Å²) in [5.41, 5.74) is 1.66. The Morgan fingerprint density at radius 3 is 2.62 bits per heavy atom. The summed E-state index contributed by atoms with van der Waals surface area (Å²) in [6.07, 6.45) is 0.329. The van der Waals surface area contributed by atoms with Crippen LogP contribution in [0.2, 0.25) is 5.02 Å². The predicted molar refractivity (Wildman–Crippen MR) is 98.7 cm³/mol. The minimum atomic E-state index is -3.83. The topological polar surface area (TPSA) is 83.6 Å². The maximum absolute atomic E-state index is 12.4. The van der Waals surface area contributed by atoms with Crippen LogP contribution in [0.3, 0.4) is 0 Å². The first-order chi connectivity index (χ1) is 12.3. The molecule has 0 aliphatic carbocycles. The molecule has 0 aromatic heterocycles. The number of aryl methyl sites for hydroxylation is 1. The van der Waals surface area contributed by atoms with Gasteiger partial charge in [0.2, 0.25) is 5.91 Å². The second kappa shape index (κ2) is 7.09. The van der Waals surface area contributed by atoms with Crippen molar-refractivity contribution in [2.75, 3.05) is 11.9 Å². The van der Waals surface area contributed by atoms with Gasteiger partial charge in [-0.2, -0.15) is 0 Å². The minimum absolute atomic E-state index is 0.0197. The molecule has 1 N–H and O–H groups in total. The number of hydrogen-bond donors (Lipinski definition) is 1. The minimum Gasteiger partial charge on any atom is -0.326 e. The van der Waals surface area contributed by atoms with Crippen molar-refractivity contribution in [3.05, 3.63) is 58.6 Å². The summed E-state index contributed by atoms with van der Waals surface area (Å²) in [7, 11) is -3.83. The highest BCUT2D eigenvalue weighted by molar-refractivity contribution is 7.90. The smallest absolute Gasteiger partial charge is 0.269 e. The standard InChI is InChI=1S/C18H17ClN2O4S/c1-12-11-13(19)8-9-15(12)20-17(22)7-4-10-21-18(23)14-5-2-3-6-16(14)26(21,24)25/h2-3,5-6,8-9,11H,4,7,10H2,1H3,(H,20,22). The van der Waals surface area contributed by atoms with E-state index in [-0.39, 0.29) is 35.8 Å². The van der Waals surface area contributed by atoms with Gasteiger partial charge in [0.15, 0.2) is 0 Å². The Hall–Kier alpha value is -2.38. The lowest BCUT2D eigenvalue weighted by atomic mass is 10.2. The fraction of sp³-hybridized carbons (Fsp3) is 0.222. The zero-order valence-electron chi connectivity index (χ0n) is 14.0. The first-order valence-corrected chi connectivity index (χ1v) is 9.84. The molecule has 2 amide bonds. The molecule has 0 saturated heterocycles. The molecule has 0 bridgehead atoms. The molecule has 0 atom stereocenters. The monoisotopic (exact) mass is 392 g/mol. The average molecular weight is 393 g/mol. The van der Waals surface area contributed by atoms with Crippen molar-refractivity contribution in [1.29, 1.82) is 0 Å². The number of amides is 2. The number of nitrogens with zero attached hydrogens (tertiary/aromatic N) is 1. The van der Waals surface area contributed by atoms with Crippen molar-refractivity contribution < 1.29 is 18.0 Å². The fourth-order valence-electron chi connectivity index (χ4n) is 2.82. The van der Waals surface area contributed by atoms with Gasteiger partial charge < -0.3 is 5.32 Å². The van der Waals surface area contributed by atoms with E-state index >= 15 is 0 Å². The molecule has 6 nitrogen and oxygen atoms in total. The fourth-order valence-corrected chi connectivity index (χ4v) is 4.65. The first-order valence-electron chi connectivity index (χ1n) is 8.03. The van der Waals surface area contributed by atoms with Crippen molar-refractivity contribution in [3.8, 4) is 0 Å². The molecule has 136 valence electrons. The molecule has 0 unspecified atom stereocenters. The van der Waals surface area contributed by atoms with Crippen LogP contribution in [0, 0.1) is 6.92 Å². The van der Waals surface area contributed by atoms with E-state index in [9.17, 15) is 18.0 Å². The van der Waals surface area contributed by atoms with Crippen LogP contribution in [0.25, 0.3) is 0 Å². The molecule has 0 fully saturated rings. The Balaban J connectivity index is 1.60. The Morgan fingerprint density at radius 2 is 1.92 bits per heavy atom. The van der Waals surface area contributed by atoms with E-state index in [1.807, 2.05) is 6.92 Å². The number of nitrogens with one attached hydrogen (secondary N) is 1. The Morgan fingerprint density at radius 1 is 1.19 bits per heavy atom. The van der Waals surface area contributed by atoms with Gasteiger partial charge in [-0.3, -0.25) is 9.59 Å². The molecule has 26 heavy (non-hydrogen) atoms. The van der Waals surface area contributed by atoms with E-state index in [4.69, 9.17) is 11.6 Å². The quantitative estimate of drug-likeness (QED) is 0.846. The van der Waals surface area contributed by atoms with Crippen molar-refractivity contribution >= 4 is 39.1 Å². The van der Waals surface area contributed by atoms with Crippen LogP contribution in [0.15, 0.2) is 47.4 Å². The maximum atomic E-state index is 12.4. The normalized spacial score (nSPS) is 15.0. The average Bonchev–Trinajstić information content (AvgIpc) is 2.78. The van der Waals surface area contributed by atoms with Crippen molar-refractivity contribution in [2.24, 2.45) is 0 Å². The summed E-state index contributed by atoms with van der Waals surface area (Å²) < 4.78 is 25.7. The highest BCUT2D eigenvalue weighted by atomic mass is 35.5. The van der Waals surface area contributed by atoms with Gasteiger partial charge in [-0.05, 0) is 49.2 Å². The third-order valence-corrected chi connectivity index (χ3v) is 6.22. The number of sulfonamides is 1. The van der Waals surface area contributed by atoms with Gasteiger partial charge in [-0.25, -0.2) is 12.7 Å². The summed E-state index contributed by atoms with van der Waals surface area (Å²) in [5.74, 6) is -0.800. The number of carbonyl (C=O) groups is 2. The molecule has 0 saturated carbocycles. The summed E-state index contributed by atoms with van der Waals surface area (Å²) in [5, 5.41) is 3.34. The van der Waals surface area contributed by atoms with Crippen LogP contribution in [0.1, 0.15) is 28.8 Å². The van der Waals surface area contributed by atoms with Crippen LogP contribution in [-0.4, -0.2) is 31.1 Å². The van der Waals surface area contributed by atoms with E-state index in [0.29, 0.717) is 10.7 Å². The zero-order valence-corrected chi connectivity index (χ0v) is 15.6. The van der Waals surface area contributed by atoms with Crippen LogP contribution >= 0.6 is 11.6 Å². The second-order valence-corrected chi connectivity index (χ2v) is 8.26. The highest BCUT2D eigenvalue weighted by Crippen LogP contribution is 2.30. The van der Waals surface area contributed by atoms with Crippen molar-refractivity contribution in [3.63, 3.8) is 0 Å². The highest BCUT2D eigenvalue weighted by Gasteiger charge is 2.40. The molecule has 1 heterocycles. The summed E-state index contributed by atoms with van der Waals surface area (Å²) in [4.78, 5) is 24.4. The molecule has 1 aliphatic rings. The first kappa shape index (κ1) is 18.4. The van der Waals surface area contributed by atoms with Gasteiger partial charge >= 0.3 is 0 Å². The van der Waals surface area contributed by atoms with E-state index < -0.39 is 15.9 Å². The lowest BCUT2D eigenvalue weighted by molar-refractivity contribution is -0.116. The van der Waals surface area contributed by atoms with E-state index in [1.165, 1.54) is 12.1 Å². The van der Waals surface area contributed by atoms with Gasteiger partial charge in [0.25, 0.3) is 15.9 Å². The summed E-state index contributed by atoms with van der Waals surface area (Å²) >= 11 is 5.88. The summed E-state index contributed by atoms with van der Waals surface area (Å²) in [6.45, 7) is 1.79. The van der Waals surface area contributed by atoms with Gasteiger partial charge in [-0.15, -0.1) is 0 Å². The molecule has 2 aromatic carbocycles. The van der Waals surface area contributed by atoms with E-state index in [0.717, 1.165) is 9.87 Å². The number of halogens is 1. The number of rotatable bonds is 5. The number of anilines is 1. The SMILES string of the molecule is Cc1cc(Cl)ccc1NC(=O)CCCN1C(=O)c2ccccc2S1(=O)=O. The summed E-state index contributed by atoms with van der Waals surface area (Å²) in [6, 6.07) is 11.2. The Kier molecular flexibility index (Phi) is 5.02. The van der Waals surface area contributed by atoms with Crippen molar-refractivity contribution in [2.45, 2.75) is 24.7 Å². The van der Waals surface area contributed by atoms with Gasteiger partial charge in [-0.1, -0.05) is 23.7 Å². The number of fused-ring (bicyclic) bond motifs is 1. The van der Waals surface area contributed by atoms with Gasteiger partial charge in [0.05, 0.1) is 5.56 Å². The molecule has 0 radical (unpaired) electrons. The molecule has 2 aromatic rings. The number of hydrogen-bond acceptors (Lipinski definition) is 4. The predicted octanol–water partition coefficient (Wildman–Crippen LogP) is 3.21. The van der Waals surface area contributed by atoms with Crippen LogP contribution < -0.4 is 5.32 Å². The Labute approximate surface area is 156 Å². The molecule has 0 spiro atoms. The number of benzene rings is 2. The zero-order chi connectivity index (χ0) is 18.9. The largest absolute Gasteiger partial charge is 0.326 e. The van der Waals surface area contributed by atoms with Crippen LogP contribution in [0.5, 0.6) is 0 Å². The van der Waals surface area contributed by atoms with Crippen LogP contribution in [0.4, 0.5) is 5.69 Å². The number of carbonyl (C=O) groups excluding carboxylic acids is 2. The van der Waals surface area contributed by atoms with E-state index in [1.54, 1.807) is 30.3 Å². The van der Waals surface area contributed by atoms with Crippen molar-refractivity contribution in [1.82, 2.24) is 4.31 Å². The Bertz CT molecular complexity index is 988. The molecule has 3 rings (SSSR count). The third kappa shape index (κ3) is 3.45. The second-order valence-electron chi connectivity index (χ2n) is 5.99. The van der Waals surface area contributed by atoms with E-state index in [2.05, 4.69) is 5.32 Å². The van der Waals surface area contributed by atoms with Gasteiger partial charge in [0, 0.05) is 23.7 Å². The third-order valence-electron chi connectivity index (χ3n) is 4.14. The molecule has 1 aliphatic heterocycles. The maximum Gasteiger partial charge on any atom is 0.269 e. The lowest BCUT2D eigenvalue weighted by Gasteiger charge is -2.15. The van der Waals surface area contributed by atoms with Crippen LogP contribution in [-0.2, 0) is 14.8 Å².